The van der Waals surface area contributed by atoms with Gasteiger partial charge in [-0.05, 0) is 18.6 Å². The summed E-state index contributed by atoms with van der Waals surface area (Å²) in [5.74, 6) is -0.525. The highest BCUT2D eigenvalue weighted by Crippen LogP contribution is 2.22. The van der Waals surface area contributed by atoms with Gasteiger partial charge in [0.2, 0.25) is 17.7 Å². The van der Waals surface area contributed by atoms with Crippen LogP contribution >= 0.6 is 0 Å². The maximum absolute atomic E-state index is 12.5. The zero-order chi connectivity index (χ0) is 17.1. The van der Waals surface area contributed by atoms with Crippen LogP contribution in [0.2, 0.25) is 0 Å². The monoisotopic (exact) mass is 331 g/mol. The van der Waals surface area contributed by atoms with E-state index in [1.165, 1.54) is 4.90 Å². The molecule has 2 aliphatic rings. The van der Waals surface area contributed by atoms with Gasteiger partial charge in [-0.1, -0.05) is 18.2 Å². The van der Waals surface area contributed by atoms with Gasteiger partial charge in [0.25, 0.3) is 0 Å². The van der Waals surface area contributed by atoms with Crippen LogP contribution in [0.15, 0.2) is 24.3 Å². The van der Waals surface area contributed by atoms with Gasteiger partial charge in [0.15, 0.2) is 0 Å². The number of carbonyl (C=O) groups is 3. The number of ether oxygens (including phenoxy) is 1. The first-order valence-corrected chi connectivity index (χ1v) is 8.13. The quantitative estimate of drug-likeness (QED) is 0.791. The Labute approximate surface area is 140 Å². The maximum atomic E-state index is 12.5. The van der Waals surface area contributed by atoms with E-state index in [0.29, 0.717) is 18.8 Å². The lowest BCUT2D eigenvalue weighted by molar-refractivity contribution is -0.139. The van der Waals surface area contributed by atoms with E-state index in [2.05, 4.69) is 10.6 Å². The van der Waals surface area contributed by atoms with Crippen LogP contribution in [0.4, 0.5) is 5.69 Å². The molecule has 2 atom stereocenters. The minimum absolute atomic E-state index is 0.169. The Kier molecular flexibility index (Phi) is 4.92. The highest BCUT2D eigenvalue weighted by Gasteiger charge is 2.31. The Morgan fingerprint density at radius 2 is 2.00 bits per heavy atom. The van der Waals surface area contributed by atoms with Gasteiger partial charge in [0, 0.05) is 25.1 Å². The predicted molar refractivity (Wildman–Crippen MR) is 87.1 cm³/mol. The standard InChI is InChI=1S/C17H21N3O4/c1-11-16(18-8-9-24-11)17(23)19-13-5-3-2-4-12(13)10-20-14(21)6-7-15(20)22/h2-5,11,16,18H,6-10H2,1H3,(H,19,23)/t11-,16+/m1/s1. The fourth-order valence-electron chi connectivity index (χ4n) is 2.99. The summed E-state index contributed by atoms with van der Waals surface area (Å²) < 4.78 is 5.49. The minimum Gasteiger partial charge on any atom is -0.375 e. The summed E-state index contributed by atoms with van der Waals surface area (Å²) in [4.78, 5) is 37.3. The number of amides is 3. The van der Waals surface area contributed by atoms with Gasteiger partial charge in [0.05, 0.1) is 19.3 Å². The summed E-state index contributed by atoms with van der Waals surface area (Å²) in [5.41, 5.74) is 1.34. The van der Waals surface area contributed by atoms with Crippen molar-refractivity contribution < 1.29 is 19.1 Å². The van der Waals surface area contributed by atoms with Gasteiger partial charge in [0.1, 0.15) is 6.04 Å². The van der Waals surface area contributed by atoms with Crippen molar-refractivity contribution in [2.45, 2.75) is 38.5 Å². The summed E-state index contributed by atoms with van der Waals surface area (Å²) in [5, 5.41) is 6.02. The average Bonchev–Trinajstić information content (AvgIpc) is 2.89. The minimum atomic E-state index is -0.429. The third-order valence-electron chi connectivity index (χ3n) is 4.36. The van der Waals surface area contributed by atoms with Crippen LogP contribution < -0.4 is 10.6 Å². The summed E-state index contributed by atoms with van der Waals surface area (Å²) in [6.45, 7) is 3.24. The highest BCUT2D eigenvalue weighted by molar-refractivity contribution is 6.02. The SMILES string of the molecule is C[C@H]1OCCN[C@@H]1C(=O)Nc1ccccc1CN1C(=O)CCC1=O. The number of nitrogens with zero attached hydrogens (tertiary/aromatic N) is 1. The fraction of sp³-hybridized carbons (Fsp3) is 0.471. The second-order valence-corrected chi connectivity index (χ2v) is 6.03. The Balaban J connectivity index is 1.73. The van der Waals surface area contributed by atoms with Crippen molar-refractivity contribution in [1.29, 1.82) is 0 Å². The van der Waals surface area contributed by atoms with Gasteiger partial charge >= 0.3 is 0 Å². The van der Waals surface area contributed by atoms with E-state index in [4.69, 9.17) is 4.74 Å². The number of rotatable bonds is 4. The van der Waals surface area contributed by atoms with Crippen LogP contribution in [0.1, 0.15) is 25.3 Å². The van der Waals surface area contributed by atoms with Crippen LogP contribution in [0.25, 0.3) is 0 Å². The second-order valence-electron chi connectivity index (χ2n) is 6.03. The van der Waals surface area contributed by atoms with E-state index in [9.17, 15) is 14.4 Å². The molecule has 24 heavy (non-hydrogen) atoms. The number of para-hydroxylation sites is 1. The molecule has 0 saturated carbocycles. The van der Waals surface area contributed by atoms with Crippen molar-refractivity contribution in [3.63, 3.8) is 0 Å². The molecule has 2 fully saturated rings. The van der Waals surface area contributed by atoms with Crippen molar-refractivity contribution in [2.75, 3.05) is 18.5 Å². The smallest absolute Gasteiger partial charge is 0.244 e. The lowest BCUT2D eigenvalue weighted by atomic mass is 10.1. The van der Waals surface area contributed by atoms with Crippen molar-refractivity contribution in [3.05, 3.63) is 29.8 Å². The van der Waals surface area contributed by atoms with Crippen LogP contribution in [0.3, 0.4) is 0 Å². The van der Waals surface area contributed by atoms with Crippen molar-refractivity contribution in [1.82, 2.24) is 10.2 Å². The molecule has 0 radical (unpaired) electrons. The van der Waals surface area contributed by atoms with E-state index in [1.54, 1.807) is 12.1 Å². The number of nitrogens with one attached hydrogen (secondary N) is 2. The fourth-order valence-corrected chi connectivity index (χ4v) is 2.99. The molecular weight excluding hydrogens is 310 g/mol. The number of anilines is 1. The van der Waals surface area contributed by atoms with E-state index >= 15 is 0 Å². The van der Waals surface area contributed by atoms with E-state index < -0.39 is 6.04 Å². The molecule has 2 saturated heterocycles. The molecule has 2 heterocycles. The molecular formula is C17H21N3O4. The third kappa shape index (κ3) is 3.47. The Morgan fingerprint density at radius 3 is 2.71 bits per heavy atom. The lowest BCUT2D eigenvalue weighted by Crippen LogP contribution is -2.53. The van der Waals surface area contributed by atoms with Gasteiger partial charge in [-0.2, -0.15) is 0 Å². The first kappa shape index (κ1) is 16.6. The van der Waals surface area contributed by atoms with E-state index in [1.807, 2.05) is 19.1 Å². The number of hydrogen-bond acceptors (Lipinski definition) is 5. The summed E-state index contributed by atoms with van der Waals surface area (Å²) >= 11 is 0. The zero-order valence-electron chi connectivity index (χ0n) is 13.6. The molecule has 0 unspecified atom stereocenters. The number of benzene rings is 1. The van der Waals surface area contributed by atoms with E-state index in [-0.39, 0.29) is 43.2 Å². The first-order valence-electron chi connectivity index (χ1n) is 8.13. The molecule has 0 bridgehead atoms. The molecule has 2 N–H and O–H groups in total. The molecule has 0 aliphatic carbocycles. The Morgan fingerprint density at radius 1 is 1.29 bits per heavy atom. The Hall–Kier alpha value is -2.25. The molecule has 7 nitrogen and oxygen atoms in total. The summed E-state index contributed by atoms with van der Waals surface area (Å²) in [7, 11) is 0. The zero-order valence-corrected chi connectivity index (χ0v) is 13.6. The number of carbonyl (C=O) groups excluding carboxylic acids is 3. The van der Waals surface area contributed by atoms with Crippen molar-refractivity contribution >= 4 is 23.4 Å². The van der Waals surface area contributed by atoms with Crippen molar-refractivity contribution in [3.8, 4) is 0 Å². The van der Waals surface area contributed by atoms with Gasteiger partial charge < -0.3 is 15.4 Å². The number of morpholine rings is 1. The summed E-state index contributed by atoms with van der Waals surface area (Å²) in [6, 6.07) is 6.78. The lowest BCUT2D eigenvalue weighted by Gasteiger charge is -2.29. The molecule has 7 heteroatoms. The van der Waals surface area contributed by atoms with Crippen LogP contribution in [0, 0.1) is 0 Å². The number of likely N-dealkylation sites (tertiary alicyclic amines) is 1. The van der Waals surface area contributed by atoms with Gasteiger partial charge in [-0.25, -0.2) is 0 Å². The van der Waals surface area contributed by atoms with Crippen LogP contribution in [0.5, 0.6) is 0 Å². The predicted octanol–water partition coefficient (Wildman–Crippen LogP) is 0.651. The summed E-state index contributed by atoms with van der Waals surface area (Å²) in [6.07, 6.45) is 0.301. The molecule has 0 aromatic heterocycles. The maximum Gasteiger partial charge on any atom is 0.244 e. The molecule has 128 valence electrons. The molecule has 1 aromatic carbocycles. The molecule has 0 spiro atoms. The third-order valence-corrected chi connectivity index (χ3v) is 4.36. The second kappa shape index (κ2) is 7.11. The number of imide groups is 1. The normalized spacial score (nSPS) is 24.3. The topological polar surface area (TPSA) is 87.7 Å². The molecule has 2 aliphatic heterocycles. The molecule has 3 amide bonds. The highest BCUT2D eigenvalue weighted by atomic mass is 16.5. The number of hydrogen-bond donors (Lipinski definition) is 2. The van der Waals surface area contributed by atoms with Crippen LogP contribution in [-0.4, -0.2) is 47.9 Å². The first-order chi connectivity index (χ1) is 11.6. The molecule has 1 aromatic rings. The average molecular weight is 331 g/mol. The largest absolute Gasteiger partial charge is 0.375 e. The Bertz CT molecular complexity index is 645. The molecule has 3 rings (SSSR count). The van der Waals surface area contributed by atoms with Gasteiger partial charge in [-0.15, -0.1) is 0 Å². The van der Waals surface area contributed by atoms with E-state index in [0.717, 1.165) is 5.56 Å². The van der Waals surface area contributed by atoms with Crippen LogP contribution in [-0.2, 0) is 25.7 Å². The van der Waals surface area contributed by atoms with Gasteiger partial charge in [-0.3, -0.25) is 19.3 Å². The van der Waals surface area contributed by atoms with Crippen molar-refractivity contribution in [2.24, 2.45) is 0 Å².